The van der Waals surface area contributed by atoms with Crippen LogP contribution >= 0.6 is 0 Å². The molecule has 0 aliphatic carbocycles. The van der Waals surface area contributed by atoms with Gasteiger partial charge in [0.15, 0.2) is 0 Å². The molecule has 0 aliphatic rings. The van der Waals surface area contributed by atoms with Crippen molar-refractivity contribution in [2.75, 3.05) is 0 Å². The van der Waals surface area contributed by atoms with E-state index in [4.69, 9.17) is 0 Å². The van der Waals surface area contributed by atoms with E-state index in [0.29, 0.717) is 0 Å². The van der Waals surface area contributed by atoms with Gasteiger partial charge in [-0.3, -0.25) is 10.1 Å². The van der Waals surface area contributed by atoms with Crippen LogP contribution in [0.3, 0.4) is 0 Å². The predicted octanol–water partition coefficient (Wildman–Crippen LogP) is 3.22. The minimum Gasteiger partial charge on any atom is -0.285 e. The molecular weight excluding hydrogens is 198 g/mol. The summed E-state index contributed by atoms with van der Waals surface area (Å²) in [6.07, 6.45) is 10.4. The Bertz CT molecular complexity index is 303. The van der Waals surface area contributed by atoms with Gasteiger partial charge in [-0.15, -0.1) is 0 Å². The second-order valence-electron chi connectivity index (χ2n) is 3.55. The number of aryl methyl sites for hydroxylation is 1. The Morgan fingerprint density at radius 3 is 2.38 bits per heavy atom. The third-order valence-electron chi connectivity index (χ3n) is 2.16. The first-order chi connectivity index (χ1) is 7.93. The van der Waals surface area contributed by atoms with Crippen molar-refractivity contribution < 1.29 is 0 Å². The van der Waals surface area contributed by atoms with Crippen molar-refractivity contribution in [2.24, 2.45) is 0 Å². The van der Waals surface area contributed by atoms with Gasteiger partial charge in [-0.2, -0.15) is 5.10 Å². The van der Waals surface area contributed by atoms with Gasteiger partial charge in [0.1, 0.15) is 0 Å². The zero-order valence-corrected chi connectivity index (χ0v) is 9.76. The highest BCUT2D eigenvalue weighted by atomic mass is 15.1. The van der Waals surface area contributed by atoms with Crippen LogP contribution in [0.2, 0.25) is 0 Å². The third kappa shape index (κ3) is 5.96. The maximum Gasteiger partial charge on any atom is 0.0622 e. The van der Waals surface area contributed by atoms with Gasteiger partial charge >= 0.3 is 0 Å². The SMILES string of the molecule is CCCCCc1cc[nH]n1.c1ccncc1. The molecule has 0 atom stereocenters. The molecule has 0 amide bonds. The maximum atomic E-state index is 4.06. The van der Waals surface area contributed by atoms with Gasteiger partial charge in [-0.05, 0) is 31.0 Å². The highest BCUT2D eigenvalue weighted by Gasteiger charge is 1.92. The largest absolute Gasteiger partial charge is 0.285 e. The Morgan fingerprint density at radius 1 is 1.12 bits per heavy atom. The lowest BCUT2D eigenvalue weighted by Gasteiger charge is -1.92. The predicted molar refractivity (Wildman–Crippen MR) is 66.1 cm³/mol. The molecule has 0 aliphatic heterocycles. The molecular formula is C13H19N3. The molecule has 86 valence electrons. The van der Waals surface area contributed by atoms with Crippen LogP contribution in [0.1, 0.15) is 31.9 Å². The van der Waals surface area contributed by atoms with Gasteiger partial charge in [-0.1, -0.05) is 25.8 Å². The van der Waals surface area contributed by atoms with E-state index in [1.165, 1.54) is 25.0 Å². The van der Waals surface area contributed by atoms with E-state index < -0.39 is 0 Å². The van der Waals surface area contributed by atoms with E-state index in [9.17, 15) is 0 Å². The quantitative estimate of drug-likeness (QED) is 0.799. The Morgan fingerprint density at radius 2 is 1.94 bits per heavy atom. The second kappa shape index (κ2) is 8.65. The molecule has 0 bridgehead atoms. The summed E-state index contributed by atoms with van der Waals surface area (Å²) in [7, 11) is 0. The molecule has 3 nitrogen and oxygen atoms in total. The summed E-state index contributed by atoms with van der Waals surface area (Å²) in [4.78, 5) is 3.78. The summed E-state index contributed by atoms with van der Waals surface area (Å²) in [5.41, 5.74) is 1.19. The van der Waals surface area contributed by atoms with Gasteiger partial charge in [0, 0.05) is 18.6 Å². The van der Waals surface area contributed by atoms with Gasteiger partial charge in [-0.25, -0.2) is 0 Å². The number of hydrogen-bond acceptors (Lipinski definition) is 2. The normalized spacial score (nSPS) is 9.31. The van der Waals surface area contributed by atoms with Gasteiger partial charge in [0.25, 0.3) is 0 Å². The number of aromatic amines is 1. The number of hydrogen-bond donors (Lipinski definition) is 1. The average molecular weight is 217 g/mol. The maximum absolute atomic E-state index is 4.06. The molecule has 16 heavy (non-hydrogen) atoms. The van der Waals surface area contributed by atoms with Gasteiger partial charge in [0.05, 0.1) is 5.69 Å². The van der Waals surface area contributed by atoms with Crippen LogP contribution in [-0.2, 0) is 6.42 Å². The lowest BCUT2D eigenvalue weighted by molar-refractivity contribution is 0.705. The smallest absolute Gasteiger partial charge is 0.0622 e. The molecule has 0 aromatic carbocycles. The molecule has 0 spiro atoms. The first kappa shape index (κ1) is 12.4. The van der Waals surface area contributed by atoms with Crippen molar-refractivity contribution in [1.29, 1.82) is 0 Å². The number of pyridine rings is 1. The van der Waals surface area contributed by atoms with E-state index >= 15 is 0 Å². The molecule has 0 radical (unpaired) electrons. The molecule has 2 heterocycles. The van der Waals surface area contributed by atoms with Crippen LogP contribution in [0.15, 0.2) is 42.9 Å². The molecule has 3 heteroatoms. The Kier molecular flexibility index (Phi) is 6.72. The number of H-pyrrole nitrogens is 1. The topological polar surface area (TPSA) is 41.6 Å². The van der Waals surface area contributed by atoms with Crippen molar-refractivity contribution >= 4 is 0 Å². The molecule has 0 saturated carbocycles. The fraction of sp³-hybridized carbons (Fsp3) is 0.385. The van der Waals surface area contributed by atoms with Crippen molar-refractivity contribution in [1.82, 2.24) is 15.2 Å². The van der Waals surface area contributed by atoms with Crippen LogP contribution in [0, 0.1) is 0 Å². The zero-order valence-electron chi connectivity index (χ0n) is 9.76. The molecule has 2 aromatic heterocycles. The van der Waals surface area contributed by atoms with Crippen LogP contribution in [0.5, 0.6) is 0 Å². The minimum atomic E-state index is 1.12. The summed E-state index contributed by atoms with van der Waals surface area (Å²) in [5, 5.41) is 6.87. The highest BCUT2D eigenvalue weighted by Crippen LogP contribution is 2.01. The standard InChI is InChI=1S/C8H14N2.C5H5N/c1-2-3-4-5-8-6-7-9-10-8;1-2-4-6-5-3-1/h6-7H,2-5H2,1H3,(H,9,10);1-5H. The average Bonchev–Trinajstić information content (AvgIpc) is 2.86. The fourth-order valence-electron chi connectivity index (χ4n) is 1.30. The van der Waals surface area contributed by atoms with Crippen molar-refractivity contribution in [3.05, 3.63) is 48.5 Å². The number of nitrogens with one attached hydrogen (secondary N) is 1. The zero-order chi connectivity index (χ0) is 11.5. The molecule has 0 unspecified atom stereocenters. The van der Waals surface area contributed by atoms with Crippen molar-refractivity contribution in [3.8, 4) is 0 Å². The Labute approximate surface area is 96.9 Å². The van der Waals surface area contributed by atoms with E-state index in [0.717, 1.165) is 6.42 Å². The van der Waals surface area contributed by atoms with Crippen molar-refractivity contribution in [3.63, 3.8) is 0 Å². The van der Waals surface area contributed by atoms with Gasteiger partial charge < -0.3 is 0 Å². The summed E-state index contributed by atoms with van der Waals surface area (Å²) in [6, 6.07) is 7.75. The van der Waals surface area contributed by atoms with Crippen molar-refractivity contribution in [2.45, 2.75) is 32.6 Å². The third-order valence-corrected chi connectivity index (χ3v) is 2.16. The fourth-order valence-corrected chi connectivity index (χ4v) is 1.30. The number of nitrogens with zero attached hydrogens (tertiary/aromatic N) is 2. The molecule has 2 aromatic rings. The Balaban J connectivity index is 0.000000181. The lowest BCUT2D eigenvalue weighted by Crippen LogP contribution is -1.84. The van der Waals surface area contributed by atoms with Gasteiger partial charge in [0.2, 0.25) is 0 Å². The van der Waals surface area contributed by atoms with Crippen LogP contribution < -0.4 is 0 Å². The summed E-state index contributed by atoms with van der Waals surface area (Å²) in [5.74, 6) is 0. The van der Waals surface area contributed by atoms with E-state index in [-0.39, 0.29) is 0 Å². The van der Waals surface area contributed by atoms with E-state index in [1.54, 1.807) is 12.4 Å². The number of aromatic nitrogens is 3. The first-order valence-electron chi connectivity index (χ1n) is 5.77. The van der Waals surface area contributed by atoms with E-state index in [1.807, 2.05) is 30.5 Å². The molecule has 0 saturated heterocycles. The molecule has 1 N–H and O–H groups in total. The molecule has 2 rings (SSSR count). The first-order valence-corrected chi connectivity index (χ1v) is 5.77. The minimum absolute atomic E-state index is 1.12. The summed E-state index contributed by atoms with van der Waals surface area (Å²) < 4.78 is 0. The second-order valence-corrected chi connectivity index (χ2v) is 3.55. The lowest BCUT2D eigenvalue weighted by atomic mass is 10.2. The number of rotatable bonds is 4. The monoisotopic (exact) mass is 217 g/mol. The summed E-state index contributed by atoms with van der Waals surface area (Å²) >= 11 is 0. The Hall–Kier alpha value is -1.64. The van der Waals surface area contributed by atoms with Crippen LogP contribution in [-0.4, -0.2) is 15.2 Å². The van der Waals surface area contributed by atoms with E-state index in [2.05, 4.69) is 22.1 Å². The number of unbranched alkanes of at least 4 members (excludes halogenated alkanes) is 2. The summed E-state index contributed by atoms with van der Waals surface area (Å²) in [6.45, 7) is 2.21. The molecule has 0 fully saturated rings. The van der Waals surface area contributed by atoms with Crippen LogP contribution in [0.25, 0.3) is 0 Å². The van der Waals surface area contributed by atoms with Crippen LogP contribution in [0.4, 0.5) is 0 Å². The highest BCUT2D eigenvalue weighted by molar-refractivity contribution is 4.96.